The molecule has 0 aromatic rings. The maximum Gasteiger partial charge on any atom is 0.223 e. The van der Waals surface area contributed by atoms with Crippen LogP contribution in [0, 0.1) is 17.8 Å². The predicted molar refractivity (Wildman–Crippen MR) is 69.9 cm³/mol. The van der Waals surface area contributed by atoms with Crippen molar-refractivity contribution >= 4 is 11.8 Å². The number of hydrogen-bond donors (Lipinski definition) is 2. The largest absolute Gasteiger partial charge is 0.356 e. The van der Waals surface area contributed by atoms with Crippen molar-refractivity contribution in [2.24, 2.45) is 17.8 Å². The van der Waals surface area contributed by atoms with Gasteiger partial charge in [0.05, 0.1) is 0 Å². The van der Waals surface area contributed by atoms with Crippen molar-refractivity contribution in [2.75, 3.05) is 13.1 Å². The highest BCUT2D eigenvalue weighted by molar-refractivity contribution is 5.82. The first-order valence-corrected chi connectivity index (χ1v) is 7.21. The molecule has 4 nitrogen and oxygen atoms in total. The molecule has 2 rings (SSSR count). The second kappa shape index (κ2) is 6.21. The van der Waals surface area contributed by atoms with E-state index in [4.69, 9.17) is 0 Å². The molecule has 0 aromatic heterocycles. The van der Waals surface area contributed by atoms with Crippen molar-refractivity contribution in [3.8, 4) is 0 Å². The quantitative estimate of drug-likeness (QED) is 0.752. The Balaban J connectivity index is 1.50. The van der Waals surface area contributed by atoms with Crippen LogP contribution in [0.4, 0.5) is 0 Å². The van der Waals surface area contributed by atoms with Gasteiger partial charge in [0.2, 0.25) is 11.8 Å². The van der Waals surface area contributed by atoms with Crippen LogP contribution in [-0.4, -0.2) is 24.9 Å². The number of amides is 2. The molecule has 2 amide bonds. The van der Waals surface area contributed by atoms with E-state index in [9.17, 15) is 9.59 Å². The molecular weight excluding hydrogens is 228 g/mol. The summed E-state index contributed by atoms with van der Waals surface area (Å²) < 4.78 is 0. The van der Waals surface area contributed by atoms with Crippen LogP contribution in [0.1, 0.15) is 45.4 Å². The highest BCUT2D eigenvalue weighted by Crippen LogP contribution is 2.37. The number of carbonyl (C=O) groups excluding carboxylic acids is 2. The Kier molecular flexibility index (Phi) is 4.61. The summed E-state index contributed by atoms with van der Waals surface area (Å²) in [7, 11) is 0. The Bertz CT molecular complexity index is 311. The first-order valence-electron chi connectivity index (χ1n) is 7.21. The molecular formula is C14H24N2O2. The molecule has 2 N–H and O–H groups in total. The van der Waals surface area contributed by atoms with Crippen molar-refractivity contribution < 1.29 is 9.59 Å². The fourth-order valence-corrected chi connectivity index (χ4v) is 2.68. The van der Waals surface area contributed by atoms with Crippen molar-refractivity contribution in [1.82, 2.24) is 10.6 Å². The Morgan fingerprint density at radius 3 is 2.44 bits per heavy atom. The molecule has 0 aliphatic heterocycles. The van der Waals surface area contributed by atoms with Crippen LogP contribution in [0.25, 0.3) is 0 Å². The second-order valence-corrected chi connectivity index (χ2v) is 5.82. The predicted octanol–water partition coefficient (Wildman–Crippen LogP) is 1.46. The average Bonchev–Trinajstić information content (AvgIpc) is 2.88. The van der Waals surface area contributed by atoms with Gasteiger partial charge in [-0.15, -0.1) is 0 Å². The summed E-state index contributed by atoms with van der Waals surface area (Å²) in [5, 5.41) is 5.80. The Hall–Kier alpha value is -1.06. The van der Waals surface area contributed by atoms with Gasteiger partial charge in [-0.2, -0.15) is 0 Å². The summed E-state index contributed by atoms with van der Waals surface area (Å²) >= 11 is 0. The van der Waals surface area contributed by atoms with Gasteiger partial charge in [0.1, 0.15) is 0 Å². The van der Waals surface area contributed by atoms with Crippen LogP contribution >= 0.6 is 0 Å². The molecule has 0 saturated heterocycles. The van der Waals surface area contributed by atoms with Gasteiger partial charge in [0, 0.05) is 25.4 Å². The van der Waals surface area contributed by atoms with Crippen LogP contribution in [-0.2, 0) is 9.59 Å². The Morgan fingerprint density at radius 1 is 1.17 bits per heavy atom. The Labute approximate surface area is 109 Å². The van der Waals surface area contributed by atoms with Gasteiger partial charge in [0.15, 0.2) is 0 Å². The van der Waals surface area contributed by atoms with Crippen molar-refractivity contribution in [3.05, 3.63) is 0 Å². The highest BCUT2D eigenvalue weighted by atomic mass is 16.2. The summed E-state index contributed by atoms with van der Waals surface area (Å²) in [5.74, 6) is 1.58. The van der Waals surface area contributed by atoms with E-state index in [0.29, 0.717) is 24.8 Å². The number of carbonyl (C=O) groups is 2. The fourth-order valence-electron chi connectivity index (χ4n) is 2.68. The van der Waals surface area contributed by atoms with Gasteiger partial charge in [-0.1, -0.05) is 19.8 Å². The topological polar surface area (TPSA) is 58.2 Å². The molecule has 0 radical (unpaired) electrons. The number of nitrogens with one attached hydrogen (secondary N) is 2. The molecule has 0 heterocycles. The minimum absolute atomic E-state index is 0.0612. The van der Waals surface area contributed by atoms with Gasteiger partial charge in [-0.05, 0) is 31.1 Å². The van der Waals surface area contributed by atoms with Crippen LogP contribution in [0.5, 0.6) is 0 Å². The maximum absolute atomic E-state index is 11.6. The van der Waals surface area contributed by atoms with E-state index in [1.165, 1.54) is 25.7 Å². The lowest BCUT2D eigenvalue weighted by Gasteiger charge is -2.10. The third kappa shape index (κ3) is 4.00. The Morgan fingerprint density at radius 2 is 1.83 bits per heavy atom. The minimum Gasteiger partial charge on any atom is -0.356 e. The fraction of sp³-hybridized carbons (Fsp3) is 0.857. The maximum atomic E-state index is 11.6. The van der Waals surface area contributed by atoms with Crippen molar-refractivity contribution in [2.45, 2.75) is 45.4 Å². The van der Waals surface area contributed by atoms with Gasteiger partial charge in [-0.25, -0.2) is 0 Å². The molecule has 4 heteroatoms. The number of rotatable bonds is 6. The third-order valence-corrected chi connectivity index (χ3v) is 4.16. The normalized spacial score (nSPS) is 26.9. The van der Waals surface area contributed by atoms with E-state index in [2.05, 4.69) is 17.6 Å². The molecule has 18 heavy (non-hydrogen) atoms. The lowest BCUT2D eigenvalue weighted by Crippen LogP contribution is -2.33. The molecule has 2 atom stereocenters. The summed E-state index contributed by atoms with van der Waals surface area (Å²) in [6, 6.07) is 0. The van der Waals surface area contributed by atoms with Gasteiger partial charge < -0.3 is 10.6 Å². The van der Waals surface area contributed by atoms with Crippen LogP contribution < -0.4 is 10.6 Å². The summed E-state index contributed by atoms with van der Waals surface area (Å²) in [4.78, 5) is 23.1. The average molecular weight is 252 g/mol. The van der Waals surface area contributed by atoms with E-state index < -0.39 is 0 Å². The first kappa shape index (κ1) is 13.4. The highest BCUT2D eigenvalue weighted by Gasteiger charge is 2.38. The molecule has 0 spiro atoms. The summed E-state index contributed by atoms with van der Waals surface area (Å²) in [6.45, 7) is 3.36. The molecule has 0 aromatic carbocycles. The SMILES string of the molecule is C[C@H]1C[C@@H]1C(=O)NCCC(=O)NCC1CCCC1. The monoisotopic (exact) mass is 252 g/mol. The zero-order chi connectivity index (χ0) is 13.0. The standard InChI is InChI=1S/C14H24N2O2/c1-10-8-12(10)14(18)15-7-6-13(17)16-9-11-4-2-3-5-11/h10-12H,2-9H2,1H3,(H,15,18)(H,16,17)/t10-,12-/m0/s1. The number of hydrogen-bond acceptors (Lipinski definition) is 2. The van der Waals surface area contributed by atoms with E-state index in [-0.39, 0.29) is 17.7 Å². The molecule has 2 saturated carbocycles. The van der Waals surface area contributed by atoms with E-state index in [1.54, 1.807) is 0 Å². The first-order chi connectivity index (χ1) is 8.66. The lowest BCUT2D eigenvalue weighted by molar-refractivity contribution is -0.123. The van der Waals surface area contributed by atoms with Gasteiger partial charge in [0.25, 0.3) is 0 Å². The third-order valence-electron chi connectivity index (χ3n) is 4.16. The molecule has 0 bridgehead atoms. The lowest BCUT2D eigenvalue weighted by atomic mass is 10.1. The summed E-state index contributed by atoms with van der Waals surface area (Å²) in [5.41, 5.74) is 0. The molecule has 2 fully saturated rings. The zero-order valence-electron chi connectivity index (χ0n) is 11.2. The van der Waals surface area contributed by atoms with Crippen molar-refractivity contribution in [1.29, 1.82) is 0 Å². The van der Waals surface area contributed by atoms with Gasteiger partial charge >= 0.3 is 0 Å². The zero-order valence-corrected chi connectivity index (χ0v) is 11.2. The van der Waals surface area contributed by atoms with Crippen LogP contribution in [0.3, 0.4) is 0 Å². The molecule has 2 aliphatic carbocycles. The molecule has 102 valence electrons. The smallest absolute Gasteiger partial charge is 0.223 e. The van der Waals surface area contributed by atoms with Crippen molar-refractivity contribution in [3.63, 3.8) is 0 Å². The minimum atomic E-state index is 0.0612. The molecule has 2 aliphatic rings. The summed E-state index contributed by atoms with van der Waals surface area (Å²) in [6.07, 6.45) is 6.50. The van der Waals surface area contributed by atoms with Gasteiger partial charge in [-0.3, -0.25) is 9.59 Å². The molecule has 0 unspecified atom stereocenters. The van der Waals surface area contributed by atoms with E-state index in [0.717, 1.165) is 13.0 Å². The van der Waals surface area contributed by atoms with E-state index in [1.807, 2.05) is 0 Å². The van der Waals surface area contributed by atoms with Crippen LogP contribution in [0.15, 0.2) is 0 Å². The van der Waals surface area contributed by atoms with E-state index >= 15 is 0 Å². The second-order valence-electron chi connectivity index (χ2n) is 5.82. The van der Waals surface area contributed by atoms with Crippen LogP contribution in [0.2, 0.25) is 0 Å².